The van der Waals surface area contributed by atoms with E-state index in [0.29, 0.717) is 0 Å². The molecule has 1 unspecified atom stereocenters. The van der Waals surface area contributed by atoms with Crippen molar-refractivity contribution in [2.24, 2.45) is 5.73 Å². The van der Waals surface area contributed by atoms with E-state index in [1.165, 1.54) is 24.3 Å². The number of nitrogens with two attached hydrogens (primary N) is 1. The molecule has 81 valence electrons. The second kappa shape index (κ2) is 3.66. The molecule has 0 saturated heterocycles. The number of hydrogen-bond acceptors (Lipinski definition) is 2. The Hall–Kier alpha value is -1.36. The zero-order valence-electron chi connectivity index (χ0n) is 7.71. The molecule has 1 aromatic rings. The molecule has 0 aromatic heterocycles. The van der Waals surface area contributed by atoms with Crippen molar-refractivity contribution in [3.8, 4) is 0 Å². The minimum Gasteiger partial charge on any atom is -0.315 e. The van der Waals surface area contributed by atoms with E-state index < -0.39 is 17.5 Å². The van der Waals surface area contributed by atoms with Crippen molar-refractivity contribution in [2.45, 2.75) is 11.7 Å². The molecule has 0 heterocycles. The third kappa shape index (κ3) is 2.36. The van der Waals surface area contributed by atoms with E-state index >= 15 is 0 Å². The summed E-state index contributed by atoms with van der Waals surface area (Å²) in [5.74, 6) is -2.05. The standard InChI is InChI=1S/C10H9F3NO/c1-9(14,8(15)10(11,12)13)7-5-3-2-4-6-7/h2-6H,1,14H2. The number of hydrogen-bond donors (Lipinski definition) is 1. The van der Waals surface area contributed by atoms with Gasteiger partial charge in [-0.05, 0) is 12.5 Å². The predicted molar refractivity (Wildman–Crippen MR) is 48.7 cm³/mol. The maximum Gasteiger partial charge on any atom is 0.452 e. The largest absolute Gasteiger partial charge is 0.452 e. The second-order valence-corrected chi connectivity index (χ2v) is 3.16. The number of alkyl halides is 3. The Labute approximate surface area is 84.9 Å². The highest BCUT2D eigenvalue weighted by molar-refractivity contribution is 5.94. The van der Waals surface area contributed by atoms with Crippen LogP contribution in [0.2, 0.25) is 0 Å². The van der Waals surface area contributed by atoms with Crippen molar-refractivity contribution in [3.63, 3.8) is 0 Å². The lowest BCUT2D eigenvalue weighted by Gasteiger charge is -2.24. The van der Waals surface area contributed by atoms with Crippen LogP contribution in [0.3, 0.4) is 0 Å². The highest BCUT2D eigenvalue weighted by Gasteiger charge is 2.49. The number of halogens is 3. The fraction of sp³-hybridized carbons (Fsp3) is 0.200. The number of carbonyl (C=O) groups is 1. The molecular formula is C10H9F3NO. The monoisotopic (exact) mass is 216 g/mol. The van der Waals surface area contributed by atoms with Gasteiger partial charge in [0, 0.05) is 0 Å². The lowest BCUT2D eigenvalue weighted by Crippen LogP contribution is -2.49. The minimum absolute atomic E-state index is 0.0346. The van der Waals surface area contributed by atoms with E-state index in [1.807, 2.05) is 0 Å². The van der Waals surface area contributed by atoms with Gasteiger partial charge in [-0.25, -0.2) is 0 Å². The normalized spacial score (nSPS) is 15.8. The molecule has 0 aliphatic heterocycles. The summed E-state index contributed by atoms with van der Waals surface area (Å²) in [6.07, 6.45) is -4.98. The number of carbonyl (C=O) groups excluding carboxylic acids is 1. The van der Waals surface area contributed by atoms with Crippen LogP contribution in [0.4, 0.5) is 13.2 Å². The summed E-state index contributed by atoms with van der Waals surface area (Å²) in [6, 6.07) is 7.25. The first-order valence-electron chi connectivity index (χ1n) is 4.07. The fourth-order valence-corrected chi connectivity index (χ4v) is 1.12. The van der Waals surface area contributed by atoms with Crippen molar-refractivity contribution in [1.82, 2.24) is 0 Å². The van der Waals surface area contributed by atoms with Crippen LogP contribution in [-0.4, -0.2) is 12.0 Å². The topological polar surface area (TPSA) is 43.1 Å². The van der Waals surface area contributed by atoms with Crippen LogP contribution in [0.15, 0.2) is 30.3 Å². The third-order valence-corrected chi connectivity index (χ3v) is 1.95. The van der Waals surface area contributed by atoms with Crippen LogP contribution in [0.25, 0.3) is 0 Å². The maximum absolute atomic E-state index is 12.2. The van der Waals surface area contributed by atoms with E-state index in [0.717, 1.165) is 0 Å². The zero-order chi connectivity index (χ0) is 11.7. The van der Waals surface area contributed by atoms with Gasteiger partial charge < -0.3 is 5.73 Å². The van der Waals surface area contributed by atoms with Gasteiger partial charge in [0.15, 0.2) is 0 Å². The quantitative estimate of drug-likeness (QED) is 0.819. The SMILES string of the molecule is [CH2]C(N)(C(=O)C(F)(F)F)c1ccccc1. The Morgan fingerprint density at radius 1 is 1.20 bits per heavy atom. The molecule has 2 N–H and O–H groups in total. The molecule has 0 aliphatic carbocycles. The van der Waals surface area contributed by atoms with Crippen LogP contribution in [-0.2, 0) is 10.3 Å². The molecule has 0 saturated carbocycles. The van der Waals surface area contributed by atoms with Gasteiger partial charge in [-0.15, -0.1) is 0 Å². The number of rotatable bonds is 2. The average molecular weight is 216 g/mol. The van der Waals surface area contributed by atoms with Crippen LogP contribution in [0, 0.1) is 6.92 Å². The predicted octanol–water partition coefficient (Wildman–Crippen LogP) is 1.81. The van der Waals surface area contributed by atoms with Gasteiger partial charge in [0.25, 0.3) is 5.78 Å². The second-order valence-electron chi connectivity index (χ2n) is 3.16. The first-order chi connectivity index (χ1) is 6.76. The molecule has 1 atom stereocenters. The lowest BCUT2D eigenvalue weighted by molar-refractivity contribution is -0.175. The summed E-state index contributed by atoms with van der Waals surface area (Å²) >= 11 is 0. The molecule has 1 rings (SSSR count). The number of Topliss-reactive ketones (excluding diaryl/α,β-unsaturated/α-hetero) is 1. The summed E-state index contributed by atoms with van der Waals surface area (Å²) in [7, 11) is 0. The zero-order valence-corrected chi connectivity index (χ0v) is 7.71. The maximum atomic E-state index is 12.2. The van der Waals surface area contributed by atoms with Crippen LogP contribution in [0.1, 0.15) is 5.56 Å². The summed E-state index contributed by atoms with van der Waals surface area (Å²) in [4.78, 5) is 11.0. The van der Waals surface area contributed by atoms with Gasteiger partial charge in [0.2, 0.25) is 0 Å². The average Bonchev–Trinajstić information content (AvgIpc) is 2.16. The van der Waals surface area contributed by atoms with Gasteiger partial charge in [-0.3, -0.25) is 4.79 Å². The Morgan fingerprint density at radius 3 is 2.07 bits per heavy atom. The molecule has 15 heavy (non-hydrogen) atoms. The van der Waals surface area contributed by atoms with Crippen LogP contribution in [0.5, 0.6) is 0 Å². The molecule has 0 bridgehead atoms. The summed E-state index contributed by atoms with van der Waals surface area (Å²) in [5, 5.41) is 0. The van der Waals surface area contributed by atoms with Gasteiger partial charge >= 0.3 is 6.18 Å². The van der Waals surface area contributed by atoms with Crippen molar-refractivity contribution in [1.29, 1.82) is 0 Å². The Bertz CT molecular complexity index is 357. The van der Waals surface area contributed by atoms with E-state index in [2.05, 4.69) is 6.92 Å². The van der Waals surface area contributed by atoms with E-state index in [1.54, 1.807) is 6.07 Å². The summed E-state index contributed by atoms with van der Waals surface area (Å²) in [6.45, 7) is 3.11. The minimum atomic E-state index is -4.98. The van der Waals surface area contributed by atoms with Gasteiger partial charge in [-0.1, -0.05) is 30.3 Å². The highest BCUT2D eigenvalue weighted by atomic mass is 19.4. The molecule has 1 radical (unpaired) electrons. The molecular weight excluding hydrogens is 207 g/mol. The molecule has 1 aromatic carbocycles. The molecule has 0 amide bonds. The van der Waals surface area contributed by atoms with Crippen molar-refractivity contribution >= 4 is 5.78 Å². The van der Waals surface area contributed by atoms with Crippen molar-refractivity contribution < 1.29 is 18.0 Å². The Morgan fingerprint density at radius 2 is 1.67 bits per heavy atom. The lowest BCUT2D eigenvalue weighted by atomic mass is 9.88. The summed E-state index contributed by atoms with van der Waals surface area (Å²) in [5.41, 5.74) is 3.04. The fourth-order valence-electron chi connectivity index (χ4n) is 1.12. The van der Waals surface area contributed by atoms with E-state index in [-0.39, 0.29) is 5.56 Å². The first kappa shape index (κ1) is 11.7. The van der Waals surface area contributed by atoms with Gasteiger partial charge in [0.05, 0.1) is 0 Å². The summed E-state index contributed by atoms with van der Waals surface area (Å²) < 4.78 is 36.5. The molecule has 0 spiro atoms. The number of ketones is 1. The molecule has 0 aliphatic rings. The Kier molecular flexibility index (Phi) is 2.86. The van der Waals surface area contributed by atoms with Gasteiger partial charge in [-0.2, -0.15) is 13.2 Å². The van der Waals surface area contributed by atoms with E-state index in [4.69, 9.17) is 5.73 Å². The van der Waals surface area contributed by atoms with Crippen LogP contribution < -0.4 is 5.73 Å². The smallest absolute Gasteiger partial charge is 0.315 e. The Balaban J connectivity index is 3.09. The molecule has 5 heteroatoms. The number of benzene rings is 1. The molecule has 2 nitrogen and oxygen atoms in total. The first-order valence-corrected chi connectivity index (χ1v) is 4.07. The third-order valence-electron chi connectivity index (χ3n) is 1.95. The molecule has 0 fully saturated rings. The van der Waals surface area contributed by atoms with E-state index in [9.17, 15) is 18.0 Å². The van der Waals surface area contributed by atoms with Crippen molar-refractivity contribution in [3.05, 3.63) is 42.8 Å². The van der Waals surface area contributed by atoms with Crippen LogP contribution >= 0.6 is 0 Å². The highest BCUT2D eigenvalue weighted by Crippen LogP contribution is 2.28. The van der Waals surface area contributed by atoms with Gasteiger partial charge in [0.1, 0.15) is 5.54 Å². The van der Waals surface area contributed by atoms with Crippen molar-refractivity contribution in [2.75, 3.05) is 0 Å².